The number of hydrogen-bond acceptors (Lipinski definition) is 7. The third-order valence-electron chi connectivity index (χ3n) is 5.22. The van der Waals surface area contributed by atoms with Gasteiger partial charge in [0.15, 0.2) is 0 Å². The SMILES string of the molecule is CSCCC(NC(=O)C(N)C(C)C)C(=O)NC(C(=O)NC(Cc1ccccc1)C(=O)O)C(C)O. The van der Waals surface area contributed by atoms with Crippen LogP contribution in [0.3, 0.4) is 0 Å². The lowest BCUT2D eigenvalue weighted by Gasteiger charge is -2.27. The Labute approximate surface area is 204 Å². The van der Waals surface area contributed by atoms with Crippen molar-refractivity contribution < 1.29 is 29.4 Å². The number of aliphatic hydroxyl groups excluding tert-OH is 1. The minimum Gasteiger partial charge on any atom is -0.480 e. The number of carbonyl (C=O) groups is 4. The number of benzene rings is 1. The van der Waals surface area contributed by atoms with Gasteiger partial charge in [0.2, 0.25) is 17.7 Å². The second kappa shape index (κ2) is 14.6. The molecule has 0 saturated heterocycles. The number of thioether (sulfide) groups is 1. The van der Waals surface area contributed by atoms with Gasteiger partial charge in [0.25, 0.3) is 0 Å². The molecule has 1 aromatic rings. The molecule has 5 unspecified atom stereocenters. The number of carboxylic acid groups (broad SMARTS) is 1. The Morgan fingerprint density at radius 3 is 2.03 bits per heavy atom. The van der Waals surface area contributed by atoms with Gasteiger partial charge in [0, 0.05) is 6.42 Å². The quantitative estimate of drug-likeness (QED) is 0.207. The van der Waals surface area contributed by atoms with Crippen LogP contribution in [0.5, 0.6) is 0 Å². The summed E-state index contributed by atoms with van der Waals surface area (Å²) < 4.78 is 0. The standard InChI is InChI=1S/C23H36N4O6S/c1-13(2)18(24)21(30)25-16(10-11-34-4)20(29)27-19(14(3)28)22(31)26-17(23(32)33)12-15-8-6-5-7-9-15/h5-9,13-14,16-19,28H,10-12,24H2,1-4H3,(H,25,30)(H,26,31)(H,27,29)(H,32,33). The Kier molecular flexibility index (Phi) is 12.6. The lowest BCUT2D eigenvalue weighted by Crippen LogP contribution is -2.60. The van der Waals surface area contributed by atoms with Crippen molar-refractivity contribution in [2.24, 2.45) is 11.7 Å². The molecule has 1 aromatic carbocycles. The van der Waals surface area contributed by atoms with E-state index < -0.39 is 54.0 Å². The van der Waals surface area contributed by atoms with Gasteiger partial charge in [0.05, 0.1) is 12.1 Å². The number of hydrogen-bond donors (Lipinski definition) is 6. The van der Waals surface area contributed by atoms with Crippen molar-refractivity contribution in [1.82, 2.24) is 16.0 Å². The number of aliphatic hydroxyl groups is 1. The molecular weight excluding hydrogens is 460 g/mol. The molecule has 0 spiro atoms. The summed E-state index contributed by atoms with van der Waals surface area (Å²) in [5.41, 5.74) is 6.58. The molecule has 10 nitrogen and oxygen atoms in total. The molecule has 190 valence electrons. The molecular formula is C23H36N4O6S. The maximum atomic E-state index is 12.9. The first kappa shape index (κ1) is 29.4. The highest BCUT2D eigenvalue weighted by molar-refractivity contribution is 7.98. The summed E-state index contributed by atoms with van der Waals surface area (Å²) in [6.45, 7) is 4.87. The van der Waals surface area contributed by atoms with Gasteiger partial charge in [-0.2, -0.15) is 11.8 Å². The number of rotatable bonds is 14. The topological polar surface area (TPSA) is 171 Å². The van der Waals surface area contributed by atoms with Crippen molar-refractivity contribution in [1.29, 1.82) is 0 Å². The maximum Gasteiger partial charge on any atom is 0.326 e. The van der Waals surface area contributed by atoms with Gasteiger partial charge in [-0.05, 0) is 36.8 Å². The smallest absolute Gasteiger partial charge is 0.326 e. The number of nitrogens with one attached hydrogen (secondary N) is 3. The molecule has 0 aliphatic heterocycles. The third kappa shape index (κ3) is 9.70. The van der Waals surface area contributed by atoms with Crippen LogP contribution < -0.4 is 21.7 Å². The summed E-state index contributed by atoms with van der Waals surface area (Å²) in [5.74, 6) is -2.85. The zero-order chi connectivity index (χ0) is 25.8. The summed E-state index contributed by atoms with van der Waals surface area (Å²) in [6, 6.07) is 4.30. The molecule has 0 aliphatic carbocycles. The molecule has 1 rings (SSSR count). The lowest BCUT2D eigenvalue weighted by molar-refractivity contribution is -0.143. The number of aliphatic carboxylic acids is 1. The van der Waals surface area contributed by atoms with E-state index in [1.54, 1.807) is 44.2 Å². The molecule has 0 aromatic heterocycles. The Morgan fingerprint density at radius 1 is 0.941 bits per heavy atom. The zero-order valence-corrected chi connectivity index (χ0v) is 20.8. The van der Waals surface area contributed by atoms with Crippen LogP contribution in [0, 0.1) is 5.92 Å². The predicted molar refractivity (Wildman–Crippen MR) is 131 cm³/mol. The van der Waals surface area contributed by atoms with Crippen LogP contribution in [0.4, 0.5) is 0 Å². The van der Waals surface area contributed by atoms with E-state index in [1.165, 1.54) is 18.7 Å². The Hall–Kier alpha value is -2.63. The van der Waals surface area contributed by atoms with Crippen LogP contribution in [0.2, 0.25) is 0 Å². The molecule has 0 fully saturated rings. The van der Waals surface area contributed by atoms with Crippen molar-refractivity contribution in [2.75, 3.05) is 12.0 Å². The van der Waals surface area contributed by atoms with Crippen LogP contribution in [0.25, 0.3) is 0 Å². The second-order valence-corrected chi connectivity index (χ2v) is 9.41. The lowest BCUT2D eigenvalue weighted by atomic mass is 10.0. The van der Waals surface area contributed by atoms with Crippen molar-refractivity contribution in [3.8, 4) is 0 Å². The van der Waals surface area contributed by atoms with Gasteiger partial charge in [-0.3, -0.25) is 14.4 Å². The van der Waals surface area contributed by atoms with Crippen molar-refractivity contribution >= 4 is 35.5 Å². The van der Waals surface area contributed by atoms with E-state index in [-0.39, 0.29) is 18.8 Å². The minimum absolute atomic E-state index is 0.0296. The average molecular weight is 497 g/mol. The number of amides is 3. The molecule has 7 N–H and O–H groups in total. The number of nitrogens with two attached hydrogens (primary N) is 1. The van der Waals surface area contributed by atoms with E-state index in [0.717, 1.165) is 0 Å². The molecule has 5 atom stereocenters. The van der Waals surface area contributed by atoms with Gasteiger partial charge in [0.1, 0.15) is 18.1 Å². The Morgan fingerprint density at radius 2 is 1.53 bits per heavy atom. The zero-order valence-electron chi connectivity index (χ0n) is 20.0. The molecule has 0 saturated carbocycles. The van der Waals surface area contributed by atoms with Crippen LogP contribution in [-0.2, 0) is 25.6 Å². The monoisotopic (exact) mass is 496 g/mol. The third-order valence-corrected chi connectivity index (χ3v) is 5.87. The number of carbonyl (C=O) groups excluding carboxylic acids is 3. The van der Waals surface area contributed by atoms with E-state index in [0.29, 0.717) is 11.3 Å². The second-order valence-electron chi connectivity index (χ2n) is 8.43. The number of carboxylic acids is 1. The van der Waals surface area contributed by atoms with E-state index in [1.807, 2.05) is 6.26 Å². The van der Waals surface area contributed by atoms with Crippen LogP contribution >= 0.6 is 11.8 Å². The first-order valence-electron chi connectivity index (χ1n) is 11.1. The fourth-order valence-electron chi connectivity index (χ4n) is 3.05. The summed E-state index contributed by atoms with van der Waals surface area (Å²) >= 11 is 1.48. The van der Waals surface area contributed by atoms with E-state index >= 15 is 0 Å². The van der Waals surface area contributed by atoms with Crippen molar-refractivity contribution in [3.05, 3.63) is 35.9 Å². The summed E-state index contributed by atoms with van der Waals surface area (Å²) in [6.07, 6.45) is 0.845. The van der Waals surface area contributed by atoms with Gasteiger partial charge in [-0.15, -0.1) is 0 Å². The van der Waals surface area contributed by atoms with Gasteiger partial charge >= 0.3 is 5.97 Å². The molecule has 3 amide bonds. The van der Waals surface area contributed by atoms with Gasteiger partial charge in [-0.1, -0.05) is 44.2 Å². The van der Waals surface area contributed by atoms with Crippen LogP contribution in [0.15, 0.2) is 30.3 Å². The first-order valence-corrected chi connectivity index (χ1v) is 12.5. The fourth-order valence-corrected chi connectivity index (χ4v) is 3.52. The Balaban J connectivity index is 2.94. The van der Waals surface area contributed by atoms with E-state index in [9.17, 15) is 29.4 Å². The fraction of sp³-hybridized carbons (Fsp3) is 0.565. The molecule has 0 heterocycles. The normalized spacial score (nSPS) is 15.5. The molecule has 0 aliphatic rings. The van der Waals surface area contributed by atoms with E-state index in [2.05, 4.69) is 16.0 Å². The largest absolute Gasteiger partial charge is 0.480 e. The molecule has 0 radical (unpaired) electrons. The molecule has 0 bridgehead atoms. The molecule has 34 heavy (non-hydrogen) atoms. The van der Waals surface area contributed by atoms with Crippen molar-refractivity contribution in [2.45, 2.75) is 63.9 Å². The highest BCUT2D eigenvalue weighted by atomic mass is 32.2. The van der Waals surface area contributed by atoms with Crippen LogP contribution in [-0.4, -0.2) is 76.2 Å². The molecule has 11 heteroatoms. The average Bonchev–Trinajstić information content (AvgIpc) is 2.78. The highest BCUT2D eigenvalue weighted by Gasteiger charge is 2.33. The Bertz CT molecular complexity index is 821. The highest BCUT2D eigenvalue weighted by Crippen LogP contribution is 2.07. The first-order chi connectivity index (χ1) is 16.0. The van der Waals surface area contributed by atoms with Gasteiger partial charge < -0.3 is 31.9 Å². The summed E-state index contributed by atoms with van der Waals surface area (Å²) in [5, 5.41) is 27.1. The summed E-state index contributed by atoms with van der Waals surface area (Å²) in [4.78, 5) is 49.8. The van der Waals surface area contributed by atoms with Crippen molar-refractivity contribution in [3.63, 3.8) is 0 Å². The predicted octanol–water partition coefficient (Wildman–Crippen LogP) is -0.115. The summed E-state index contributed by atoms with van der Waals surface area (Å²) in [7, 11) is 0. The van der Waals surface area contributed by atoms with Crippen LogP contribution in [0.1, 0.15) is 32.8 Å². The minimum atomic E-state index is -1.42. The van der Waals surface area contributed by atoms with Gasteiger partial charge in [-0.25, -0.2) is 4.79 Å². The maximum absolute atomic E-state index is 12.9. The van der Waals surface area contributed by atoms with E-state index in [4.69, 9.17) is 5.73 Å².